The summed E-state index contributed by atoms with van der Waals surface area (Å²) in [5.74, 6) is -0.0460. The van der Waals surface area contributed by atoms with Crippen molar-refractivity contribution in [2.75, 3.05) is 30.3 Å². The van der Waals surface area contributed by atoms with Gasteiger partial charge in [-0.05, 0) is 84.0 Å². The fourth-order valence-corrected chi connectivity index (χ4v) is 3.47. The monoisotopic (exact) mass is 477 g/mol. The Morgan fingerprint density at radius 1 is 0.852 bits per heavy atom. The summed E-state index contributed by atoms with van der Waals surface area (Å²) < 4.78 is 1.15. The molecule has 1 fully saturated rings. The van der Waals surface area contributed by atoms with Gasteiger partial charge >= 0.3 is 0 Å². The first-order valence-corrected chi connectivity index (χ1v) is 10.4. The van der Waals surface area contributed by atoms with Crippen molar-refractivity contribution >= 4 is 45.8 Å². The van der Waals surface area contributed by atoms with Crippen LogP contribution in [0.15, 0.2) is 48.5 Å². The molecule has 2 N–H and O–H groups in total. The first-order chi connectivity index (χ1) is 13.1. The number of likely N-dealkylation sites (tertiary alicyclic amines) is 1. The lowest BCUT2D eigenvalue weighted by molar-refractivity contribution is -0.114. The van der Waals surface area contributed by atoms with Gasteiger partial charge in [0.2, 0.25) is 5.91 Å². The van der Waals surface area contributed by atoms with Crippen LogP contribution < -0.4 is 10.6 Å². The fourth-order valence-electron chi connectivity index (χ4n) is 3.11. The Kier molecular flexibility index (Phi) is 7.09. The standard InChI is InChI=1S/C21H24IN3O2/c22-17-7-11-18(12-8-17)23-15-20(26)24-19-9-5-16(6-10-19)21(27)25-13-3-1-2-4-14-25/h5-12,23H,1-4,13-15H2,(H,24,26). The van der Waals surface area contributed by atoms with Crippen LogP contribution in [0.25, 0.3) is 0 Å². The number of amides is 2. The molecule has 0 aromatic heterocycles. The first-order valence-electron chi connectivity index (χ1n) is 9.30. The van der Waals surface area contributed by atoms with E-state index in [0.29, 0.717) is 11.3 Å². The van der Waals surface area contributed by atoms with Crippen LogP contribution in [0.5, 0.6) is 0 Å². The lowest BCUT2D eigenvalue weighted by Gasteiger charge is -2.20. The largest absolute Gasteiger partial charge is 0.376 e. The van der Waals surface area contributed by atoms with Crippen molar-refractivity contribution in [3.63, 3.8) is 0 Å². The first kappa shape index (κ1) is 19.7. The van der Waals surface area contributed by atoms with E-state index in [4.69, 9.17) is 0 Å². The lowest BCUT2D eigenvalue weighted by atomic mass is 10.1. The van der Waals surface area contributed by atoms with Crippen molar-refractivity contribution < 1.29 is 9.59 Å². The van der Waals surface area contributed by atoms with Crippen molar-refractivity contribution in [1.29, 1.82) is 0 Å². The Morgan fingerprint density at radius 3 is 2.07 bits per heavy atom. The van der Waals surface area contributed by atoms with Crippen LogP contribution in [0, 0.1) is 3.57 Å². The molecule has 3 rings (SSSR count). The van der Waals surface area contributed by atoms with Crippen molar-refractivity contribution in [3.05, 3.63) is 57.7 Å². The van der Waals surface area contributed by atoms with Crippen LogP contribution in [0.1, 0.15) is 36.0 Å². The topological polar surface area (TPSA) is 61.4 Å². The summed E-state index contributed by atoms with van der Waals surface area (Å²) in [6.07, 6.45) is 4.55. The van der Waals surface area contributed by atoms with Crippen molar-refractivity contribution in [1.82, 2.24) is 4.90 Å². The van der Waals surface area contributed by atoms with E-state index >= 15 is 0 Å². The molecule has 1 saturated heterocycles. The molecule has 0 spiro atoms. The predicted molar refractivity (Wildman–Crippen MR) is 117 cm³/mol. The molecule has 0 saturated carbocycles. The highest BCUT2D eigenvalue weighted by atomic mass is 127. The molecule has 0 radical (unpaired) electrons. The summed E-state index contributed by atoms with van der Waals surface area (Å²) in [5.41, 5.74) is 2.27. The van der Waals surface area contributed by atoms with E-state index in [1.807, 2.05) is 29.2 Å². The number of anilines is 2. The molecular weight excluding hydrogens is 453 g/mol. The minimum Gasteiger partial charge on any atom is -0.376 e. The molecule has 0 unspecified atom stereocenters. The van der Waals surface area contributed by atoms with Gasteiger partial charge in [0.15, 0.2) is 0 Å². The number of hydrogen-bond acceptors (Lipinski definition) is 3. The number of nitrogens with one attached hydrogen (secondary N) is 2. The maximum Gasteiger partial charge on any atom is 0.253 e. The Bertz CT molecular complexity index is 767. The van der Waals surface area contributed by atoms with Gasteiger partial charge in [-0.25, -0.2) is 0 Å². The fraction of sp³-hybridized carbons (Fsp3) is 0.333. The molecular formula is C21H24IN3O2. The normalized spacial score (nSPS) is 14.3. The minimum atomic E-state index is -0.125. The number of rotatable bonds is 5. The predicted octanol–water partition coefficient (Wildman–Crippen LogP) is 4.36. The highest BCUT2D eigenvalue weighted by Gasteiger charge is 2.17. The van der Waals surface area contributed by atoms with Crippen LogP contribution in [0.3, 0.4) is 0 Å². The quantitative estimate of drug-likeness (QED) is 0.630. The SMILES string of the molecule is O=C(CNc1ccc(I)cc1)Nc1ccc(C(=O)N2CCCCCC2)cc1. The summed E-state index contributed by atoms with van der Waals surface area (Å²) in [6, 6.07) is 15.0. The van der Waals surface area contributed by atoms with E-state index in [9.17, 15) is 9.59 Å². The molecule has 1 aliphatic rings. The third-order valence-electron chi connectivity index (χ3n) is 4.61. The maximum absolute atomic E-state index is 12.6. The van der Waals surface area contributed by atoms with Gasteiger partial charge in [0.05, 0.1) is 6.54 Å². The highest BCUT2D eigenvalue weighted by molar-refractivity contribution is 14.1. The molecule has 2 aromatic rings. The number of halogens is 1. The number of nitrogens with zero attached hydrogens (tertiary/aromatic N) is 1. The molecule has 2 aromatic carbocycles. The summed E-state index contributed by atoms with van der Waals surface area (Å²) in [5, 5.41) is 5.95. The summed E-state index contributed by atoms with van der Waals surface area (Å²) in [4.78, 5) is 26.6. The van der Waals surface area contributed by atoms with E-state index in [0.717, 1.165) is 35.2 Å². The van der Waals surface area contributed by atoms with Crippen molar-refractivity contribution in [2.24, 2.45) is 0 Å². The van der Waals surface area contributed by atoms with Gasteiger partial charge in [-0.15, -0.1) is 0 Å². The van der Waals surface area contributed by atoms with E-state index in [1.165, 1.54) is 12.8 Å². The molecule has 142 valence electrons. The van der Waals surface area contributed by atoms with Gasteiger partial charge in [-0.2, -0.15) is 0 Å². The zero-order valence-corrected chi connectivity index (χ0v) is 17.4. The molecule has 0 atom stereocenters. The van der Waals surface area contributed by atoms with Crippen molar-refractivity contribution in [3.8, 4) is 0 Å². The number of carbonyl (C=O) groups is 2. The van der Waals surface area contributed by atoms with Gasteiger partial charge in [0.25, 0.3) is 5.91 Å². The van der Waals surface area contributed by atoms with E-state index in [2.05, 4.69) is 33.2 Å². The molecule has 27 heavy (non-hydrogen) atoms. The van der Waals surface area contributed by atoms with Crippen LogP contribution in [0.4, 0.5) is 11.4 Å². The zero-order chi connectivity index (χ0) is 19.1. The third-order valence-corrected chi connectivity index (χ3v) is 5.33. The number of hydrogen-bond donors (Lipinski definition) is 2. The number of benzene rings is 2. The second kappa shape index (κ2) is 9.73. The maximum atomic E-state index is 12.6. The summed E-state index contributed by atoms with van der Waals surface area (Å²) in [7, 11) is 0. The zero-order valence-electron chi connectivity index (χ0n) is 15.2. The van der Waals surface area contributed by atoms with Crippen LogP contribution in [-0.2, 0) is 4.79 Å². The summed E-state index contributed by atoms with van der Waals surface area (Å²) in [6.45, 7) is 1.86. The Labute approximate surface area is 173 Å². The van der Waals surface area contributed by atoms with Crippen molar-refractivity contribution in [2.45, 2.75) is 25.7 Å². The molecule has 1 heterocycles. The van der Waals surface area contributed by atoms with Gasteiger partial charge in [-0.1, -0.05) is 12.8 Å². The average molecular weight is 477 g/mol. The number of carbonyl (C=O) groups excluding carboxylic acids is 2. The summed E-state index contributed by atoms with van der Waals surface area (Å²) >= 11 is 2.24. The van der Waals surface area contributed by atoms with Crippen LogP contribution in [0.2, 0.25) is 0 Å². The molecule has 6 heteroatoms. The smallest absolute Gasteiger partial charge is 0.253 e. The Morgan fingerprint density at radius 2 is 1.44 bits per heavy atom. The second-order valence-electron chi connectivity index (χ2n) is 6.69. The Balaban J connectivity index is 1.51. The van der Waals surface area contributed by atoms with Crippen LogP contribution >= 0.6 is 22.6 Å². The van der Waals surface area contributed by atoms with Crippen LogP contribution in [-0.4, -0.2) is 36.3 Å². The molecule has 0 aliphatic carbocycles. The molecule has 1 aliphatic heterocycles. The van der Waals surface area contributed by atoms with Gasteiger partial charge < -0.3 is 15.5 Å². The average Bonchev–Trinajstić information content (AvgIpc) is 2.97. The minimum absolute atomic E-state index is 0.0788. The third kappa shape index (κ3) is 5.95. The second-order valence-corrected chi connectivity index (χ2v) is 7.94. The Hall–Kier alpha value is -2.09. The van der Waals surface area contributed by atoms with Gasteiger partial charge in [0.1, 0.15) is 0 Å². The van der Waals surface area contributed by atoms with E-state index < -0.39 is 0 Å². The highest BCUT2D eigenvalue weighted by Crippen LogP contribution is 2.16. The molecule has 5 nitrogen and oxygen atoms in total. The lowest BCUT2D eigenvalue weighted by Crippen LogP contribution is -2.31. The van der Waals surface area contributed by atoms with Gasteiger partial charge in [0, 0.05) is 33.6 Å². The van der Waals surface area contributed by atoms with E-state index in [-0.39, 0.29) is 18.4 Å². The molecule has 2 amide bonds. The molecule has 0 bridgehead atoms. The van der Waals surface area contributed by atoms with E-state index in [1.54, 1.807) is 24.3 Å². The van der Waals surface area contributed by atoms with Gasteiger partial charge in [-0.3, -0.25) is 9.59 Å².